The van der Waals surface area contributed by atoms with Crippen LogP contribution in [0.4, 0.5) is 0 Å². The van der Waals surface area contributed by atoms with Crippen molar-refractivity contribution in [3.05, 3.63) is 29.3 Å². The Balaban J connectivity index is 3.14. The highest BCUT2D eigenvalue weighted by atomic mass is 16.7. The van der Waals surface area contributed by atoms with E-state index in [-0.39, 0.29) is 11.3 Å². The first-order valence-electron chi connectivity index (χ1n) is 5.95. The van der Waals surface area contributed by atoms with Gasteiger partial charge in [-0.1, -0.05) is 12.1 Å². The molecule has 0 saturated carbocycles. The van der Waals surface area contributed by atoms with Crippen LogP contribution < -0.4 is 0 Å². The molecule has 1 N–H and O–H groups in total. The first kappa shape index (κ1) is 16.4. The molecule has 7 heteroatoms. The monoisotopic (exact) mass is 294 g/mol. The fourth-order valence-corrected chi connectivity index (χ4v) is 1.38. The molecule has 1 rings (SSSR count). The Morgan fingerprint density at radius 3 is 1.90 bits per heavy atom. The van der Waals surface area contributed by atoms with Gasteiger partial charge >= 0.3 is 11.9 Å². The van der Waals surface area contributed by atoms with E-state index in [1.807, 2.05) is 0 Å². The molecule has 1 aromatic carbocycles. The molecule has 0 aromatic heterocycles. The third-order valence-electron chi connectivity index (χ3n) is 2.53. The Hall–Kier alpha value is -2.70. The third-order valence-corrected chi connectivity index (χ3v) is 2.53. The number of Topliss-reactive ketones (excluding diaryl/α,β-unsaturated/α-hetero) is 2. The summed E-state index contributed by atoms with van der Waals surface area (Å²) < 4.78 is 9.42. The average Bonchev–Trinajstić information content (AvgIpc) is 2.40. The van der Waals surface area contributed by atoms with Crippen LogP contribution >= 0.6 is 0 Å². The summed E-state index contributed by atoms with van der Waals surface area (Å²) in [4.78, 5) is 44.6. The van der Waals surface area contributed by atoms with Crippen molar-refractivity contribution < 1.29 is 33.8 Å². The normalized spacial score (nSPS) is 10.1. The fraction of sp³-hybridized carbons (Fsp3) is 0.286. The number of carbonyl (C=O) groups excluding carboxylic acids is 4. The number of rotatable bonds is 5. The van der Waals surface area contributed by atoms with Crippen molar-refractivity contribution in [2.45, 2.75) is 27.1 Å². The van der Waals surface area contributed by atoms with Crippen molar-refractivity contribution in [2.24, 2.45) is 0 Å². The van der Waals surface area contributed by atoms with E-state index in [9.17, 15) is 24.3 Å². The van der Waals surface area contributed by atoms with E-state index in [0.717, 1.165) is 13.8 Å². The zero-order valence-electron chi connectivity index (χ0n) is 11.7. The van der Waals surface area contributed by atoms with Crippen molar-refractivity contribution in [3.8, 4) is 5.75 Å². The van der Waals surface area contributed by atoms with Crippen molar-refractivity contribution in [1.82, 2.24) is 0 Å². The zero-order chi connectivity index (χ0) is 16.2. The van der Waals surface area contributed by atoms with Gasteiger partial charge in [-0.15, -0.1) is 0 Å². The van der Waals surface area contributed by atoms with Crippen molar-refractivity contribution >= 4 is 23.5 Å². The molecule has 0 fully saturated rings. The second kappa shape index (κ2) is 6.65. The maximum atomic E-state index is 11.3. The second-order valence-electron chi connectivity index (χ2n) is 4.27. The van der Waals surface area contributed by atoms with Gasteiger partial charge in [0.2, 0.25) is 11.6 Å². The summed E-state index contributed by atoms with van der Waals surface area (Å²) in [6.07, 6.45) is -1.68. The van der Waals surface area contributed by atoms with Gasteiger partial charge in [0, 0.05) is 13.8 Å². The topological polar surface area (TPSA) is 107 Å². The van der Waals surface area contributed by atoms with Gasteiger partial charge < -0.3 is 14.6 Å². The van der Waals surface area contributed by atoms with Crippen LogP contribution in [0.3, 0.4) is 0 Å². The lowest BCUT2D eigenvalue weighted by Gasteiger charge is -2.18. The average molecular weight is 294 g/mol. The minimum Gasteiger partial charge on any atom is -0.507 e. The van der Waals surface area contributed by atoms with Crippen molar-refractivity contribution in [2.75, 3.05) is 0 Å². The lowest BCUT2D eigenvalue weighted by Crippen LogP contribution is -2.24. The number of phenolic OH excluding ortho intramolecular Hbond substituents is 1. The van der Waals surface area contributed by atoms with E-state index in [0.29, 0.717) is 5.56 Å². The van der Waals surface area contributed by atoms with E-state index in [1.54, 1.807) is 13.0 Å². The lowest BCUT2D eigenvalue weighted by atomic mass is 10.1. The van der Waals surface area contributed by atoms with E-state index in [1.165, 1.54) is 12.1 Å². The maximum Gasteiger partial charge on any atom is 0.377 e. The van der Waals surface area contributed by atoms with E-state index >= 15 is 0 Å². The zero-order valence-corrected chi connectivity index (χ0v) is 11.7. The summed E-state index contributed by atoms with van der Waals surface area (Å²) in [5, 5.41) is 9.92. The number of benzene rings is 1. The summed E-state index contributed by atoms with van der Waals surface area (Å²) >= 11 is 0. The largest absolute Gasteiger partial charge is 0.507 e. The highest BCUT2D eigenvalue weighted by Gasteiger charge is 2.27. The molecule has 0 aliphatic carbocycles. The van der Waals surface area contributed by atoms with Crippen LogP contribution in [0, 0.1) is 6.92 Å². The summed E-state index contributed by atoms with van der Waals surface area (Å²) in [6.45, 7) is 3.53. The number of phenols is 1. The molecule has 0 heterocycles. The van der Waals surface area contributed by atoms with E-state index in [2.05, 4.69) is 0 Å². The lowest BCUT2D eigenvalue weighted by molar-refractivity contribution is -0.191. The number of carbonyl (C=O) groups is 4. The van der Waals surface area contributed by atoms with Crippen LogP contribution in [0.25, 0.3) is 0 Å². The SMILES string of the molecule is CC(=O)C(=O)OC(OC(=O)C(C)=O)c1cccc(C)c1O. The molecular weight excluding hydrogens is 280 g/mol. The molecule has 0 aliphatic rings. The quantitative estimate of drug-likeness (QED) is 0.489. The molecule has 112 valence electrons. The van der Waals surface area contributed by atoms with Crippen LogP contribution in [0.15, 0.2) is 18.2 Å². The molecular formula is C14H14O7. The van der Waals surface area contributed by atoms with Gasteiger partial charge in [0.1, 0.15) is 5.75 Å². The number of hydrogen-bond acceptors (Lipinski definition) is 7. The molecule has 0 saturated heterocycles. The van der Waals surface area contributed by atoms with Gasteiger partial charge in [-0.05, 0) is 18.6 Å². The summed E-state index contributed by atoms with van der Waals surface area (Å²) in [7, 11) is 0. The van der Waals surface area contributed by atoms with Crippen LogP contribution in [0.2, 0.25) is 0 Å². The van der Waals surface area contributed by atoms with Crippen LogP contribution in [-0.2, 0) is 28.7 Å². The number of aromatic hydroxyl groups is 1. The maximum absolute atomic E-state index is 11.3. The van der Waals surface area contributed by atoms with Gasteiger partial charge in [-0.25, -0.2) is 9.59 Å². The van der Waals surface area contributed by atoms with Crippen molar-refractivity contribution in [1.29, 1.82) is 0 Å². The predicted octanol–water partition coefficient (Wildman–Crippen LogP) is 0.964. The van der Waals surface area contributed by atoms with E-state index in [4.69, 9.17) is 9.47 Å². The third kappa shape index (κ3) is 4.13. The summed E-state index contributed by atoms with van der Waals surface area (Å²) in [5.74, 6) is -4.60. The van der Waals surface area contributed by atoms with Gasteiger partial charge in [0.05, 0.1) is 5.56 Å². The number of ether oxygens (including phenoxy) is 2. The van der Waals surface area contributed by atoms with Gasteiger partial charge in [-0.3, -0.25) is 9.59 Å². The molecule has 7 nitrogen and oxygen atoms in total. The van der Waals surface area contributed by atoms with Gasteiger partial charge in [0.25, 0.3) is 6.29 Å². The van der Waals surface area contributed by atoms with Crippen LogP contribution in [-0.4, -0.2) is 28.6 Å². The van der Waals surface area contributed by atoms with Gasteiger partial charge in [0.15, 0.2) is 0 Å². The van der Waals surface area contributed by atoms with Crippen LogP contribution in [0.1, 0.15) is 31.3 Å². The number of esters is 2. The molecule has 0 atom stereocenters. The first-order chi connectivity index (χ1) is 9.73. The number of para-hydroxylation sites is 1. The summed E-state index contributed by atoms with van der Waals surface area (Å²) in [5.41, 5.74) is 0.398. The highest BCUT2D eigenvalue weighted by molar-refractivity contribution is 6.33. The molecule has 0 amide bonds. The Kier molecular flexibility index (Phi) is 5.18. The Morgan fingerprint density at radius 2 is 1.48 bits per heavy atom. The number of ketones is 2. The smallest absolute Gasteiger partial charge is 0.377 e. The fourth-order valence-electron chi connectivity index (χ4n) is 1.38. The molecule has 0 radical (unpaired) electrons. The molecule has 0 spiro atoms. The molecule has 0 unspecified atom stereocenters. The Bertz CT molecular complexity index is 575. The van der Waals surface area contributed by atoms with E-state index < -0.39 is 29.8 Å². The minimum atomic E-state index is -1.68. The first-order valence-corrected chi connectivity index (χ1v) is 5.95. The number of aryl methyl sites for hydroxylation is 1. The predicted molar refractivity (Wildman–Crippen MR) is 69.1 cm³/mol. The standard InChI is InChI=1S/C14H14O7/c1-7-5-4-6-10(11(7)17)14(20-12(18)8(2)15)21-13(19)9(3)16/h4-6,14,17H,1-3H3. The molecule has 0 aliphatic heterocycles. The Morgan fingerprint density at radius 1 is 1.00 bits per heavy atom. The van der Waals surface area contributed by atoms with Crippen molar-refractivity contribution in [3.63, 3.8) is 0 Å². The summed E-state index contributed by atoms with van der Waals surface area (Å²) in [6, 6.07) is 4.45. The molecule has 1 aromatic rings. The highest BCUT2D eigenvalue weighted by Crippen LogP contribution is 2.30. The minimum absolute atomic E-state index is 0.0424. The molecule has 0 bridgehead atoms. The second-order valence-corrected chi connectivity index (χ2v) is 4.27. The number of hydrogen-bond donors (Lipinski definition) is 1. The Labute approximate surface area is 120 Å². The molecule has 21 heavy (non-hydrogen) atoms. The van der Waals surface area contributed by atoms with Crippen LogP contribution in [0.5, 0.6) is 5.75 Å². The van der Waals surface area contributed by atoms with Gasteiger partial charge in [-0.2, -0.15) is 0 Å².